The molecule has 0 fully saturated rings. The number of hydrogen-bond donors (Lipinski definition) is 1. The highest BCUT2D eigenvalue weighted by molar-refractivity contribution is 9.10. The average Bonchev–Trinajstić information content (AvgIpc) is 2.82. The molecule has 3 aromatic carbocycles. The fourth-order valence-electron chi connectivity index (χ4n) is 3.82. The Morgan fingerprint density at radius 3 is 2.35 bits per heavy atom. The second kappa shape index (κ2) is 13.3. The molecule has 0 spiro atoms. The lowest BCUT2D eigenvalue weighted by molar-refractivity contribution is -0.140. The normalized spacial score (nSPS) is 11.6. The van der Waals surface area contributed by atoms with E-state index in [9.17, 15) is 9.59 Å². The van der Waals surface area contributed by atoms with Crippen molar-refractivity contribution in [3.05, 3.63) is 105 Å². The van der Waals surface area contributed by atoms with Gasteiger partial charge < -0.3 is 10.2 Å². The maximum atomic E-state index is 13.7. The minimum atomic E-state index is -0.634. The highest BCUT2D eigenvalue weighted by Gasteiger charge is 2.30. The predicted octanol–water partition coefficient (Wildman–Crippen LogP) is 6.20. The molecule has 0 bridgehead atoms. The summed E-state index contributed by atoms with van der Waals surface area (Å²) in [5, 5.41) is 3.63. The Morgan fingerprint density at radius 1 is 0.941 bits per heavy atom. The van der Waals surface area contributed by atoms with Crippen LogP contribution in [0.1, 0.15) is 36.5 Å². The van der Waals surface area contributed by atoms with Crippen molar-refractivity contribution in [1.82, 2.24) is 10.2 Å². The van der Waals surface area contributed by atoms with Crippen LogP contribution >= 0.6 is 27.5 Å². The molecular weight excluding hydrogens is 512 g/mol. The lowest BCUT2D eigenvalue weighted by atomic mass is 10.0. The summed E-state index contributed by atoms with van der Waals surface area (Å²) in [6.07, 6.45) is 2.49. The van der Waals surface area contributed by atoms with Crippen LogP contribution in [0.15, 0.2) is 83.3 Å². The van der Waals surface area contributed by atoms with Gasteiger partial charge in [0.05, 0.1) is 6.42 Å². The molecular formula is C28H30BrClN2O2. The van der Waals surface area contributed by atoms with Crippen LogP contribution in [0.2, 0.25) is 5.02 Å². The van der Waals surface area contributed by atoms with Crippen molar-refractivity contribution >= 4 is 39.3 Å². The first-order chi connectivity index (χ1) is 16.5. The molecule has 0 radical (unpaired) electrons. The van der Waals surface area contributed by atoms with Gasteiger partial charge in [-0.2, -0.15) is 0 Å². The Hall–Kier alpha value is -2.63. The molecule has 0 aliphatic heterocycles. The summed E-state index contributed by atoms with van der Waals surface area (Å²) in [5.41, 5.74) is 2.78. The molecule has 34 heavy (non-hydrogen) atoms. The molecule has 0 saturated carbocycles. The number of amides is 2. The number of carbonyl (C=O) groups excluding carboxylic acids is 2. The van der Waals surface area contributed by atoms with Crippen molar-refractivity contribution in [2.45, 2.75) is 45.2 Å². The van der Waals surface area contributed by atoms with Gasteiger partial charge in [-0.15, -0.1) is 0 Å². The van der Waals surface area contributed by atoms with Gasteiger partial charge in [0.15, 0.2) is 0 Å². The standard InChI is InChI=1S/C28H30BrClN2O2/c1-2-3-15-31-28(34)26(18-21-9-5-4-6-10-21)32(20-23-12-7-13-24(29)16-23)27(33)19-22-11-8-14-25(30)17-22/h4-14,16-17,26H,2-3,15,18-20H2,1H3,(H,31,34)/t26-/m0/s1. The number of benzene rings is 3. The van der Waals surface area contributed by atoms with Crippen LogP contribution in [0.3, 0.4) is 0 Å². The van der Waals surface area contributed by atoms with Crippen LogP contribution in [-0.2, 0) is 29.0 Å². The number of rotatable bonds is 11. The van der Waals surface area contributed by atoms with Crippen molar-refractivity contribution in [3.63, 3.8) is 0 Å². The molecule has 0 aromatic heterocycles. The monoisotopic (exact) mass is 540 g/mol. The fraction of sp³-hybridized carbons (Fsp3) is 0.286. The first-order valence-corrected chi connectivity index (χ1v) is 12.7. The molecule has 178 valence electrons. The van der Waals surface area contributed by atoms with Crippen LogP contribution in [0.5, 0.6) is 0 Å². The first-order valence-electron chi connectivity index (χ1n) is 11.6. The van der Waals surface area contributed by atoms with E-state index in [1.165, 1.54) is 0 Å². The maximum absolute atomic E-state index is 13.7. The highest BCUT2D eigenvalue weighted by atomic mass is 79.9. The molecule has 0 heterocycles. The van der Waals surface area contributed by atoms with E-state index in [-0.39, 0.29) is 18.2 Å². The van der Waals surface area contributed by atoms with E-state index < -0.39 is 6.04 Å². The topological polar surface area (TPSA) is 49.4 Å². The smallest absolute Gasteiger partial charge is 0.243 e. The number of unbranched alkanes of at least 4 members (excludes halogenated alkanes) is 1. The maximum Gasteiger partial charge on any atom is 0.243 e. The van der Waals surface area contributed by atoms with Gasteiger partial charge in [0.2, 0.25) is 11.8 Å². The Kier molecular flexibility index (Phi) is 10.2. The number of halogens is 2. The third-order valence-corrected chi connectivity index (χ3v) is 6.32. The minimum absolute atomic E-state index is 0.117. The van der Waals surface area contributed by atoms with E-state index in [1.54, 1.807) is 17.0 Å². The van der Waals surface area contributed by atoms with Gasteiger partial charge in [0, 0.05) is 29.0 Å². The number of nitrogens with zero attached hydrogens (tertiary/aromatic N) is 1. The SMILES string of the molecule is CCCCNC(=O)[C@H](Cc1ccccc1)N(Cc1cccc(Br)c1)C(=O)Cc1cccc(Cl)c1. The van der Waals surface area contributed by atoms with Gasteiger partial charge in [0.25, 0.3) is 0 Å². The molecule has 2 amide bonds. The van der Waals surface area contributed by atoms with Crippen molar-refractivity contribution in [3.8, 4) is 0 Å². The molecule has 3 rings (SSSR count). The fourth-order valence-corrected chi connectivity index (χ4v) is 4.47. The van der Waals surface area contributed by atoms with E-state index in [0.29, 0.717) is 24.5 Å². The van der Waals surface area contributed by atoms with E-state index in [2.05, 4.69) is 28.2 Å². The van der Waals surface area contributed by atoms with Crippen LogP contribution < -0.4 is 5.32 Å². The van der Waals surface area contributed by atoms with Gasteiger partial charge in [-0.05, 0) is 47.4 Å². The zero-order valence-electron chi connectivity index (χ0n) is 19.3. The van der Waals surface area contributed by atoms with Crippen molar-refractivity contribution in [2.24, 2.45) is 0 Å². The van der Waals surface area contributed by atoms with Crippen LogP contribution in [0.4, 0.5) is 0 Å². The third kappa shape index (κ3) is 8.00. The zero-order chi connectivity index (χ0) is 24.3. The van der Waals surface area contributed by atoms with Gasteiger partial charge in [-0.1, -0.05) is 95.5 Å². The van der Waals surface area contributed by atoms with Crippen molar-refractivity contribution < 1.29 is 9.59 Å². The lowest BCUT2D eigenvalue weighted by Gasteiger charge is -2.32. The summed E-state index contributed by atoms with van der Waals surface area (Å²) in [4.78, 5) is 28.8. The molecule has 0 saturated heterocycles. The van der Waals surface area contributed by atoms with Gasteiger partial charge in [-0.3, -0.25) is 9.59 Å². The lowest BCUT2D eigenvalue weighted by Crippen LogP contribution is -2.51. The summed E-state index contributed by atoms with van der Waals surface area (Å²) in [7, 11) is 0. The Morgan fingerprint density at radius 2 is 1.65 bits per heavy atom. The average molecular weight is 542 g/mol. The minimum Gasteiger partial charge on any atom is -0.354 e. The summed E-state index contributed by atoms with van der Waals surface area (Å²) in [5.74, 6) is -0.249. The molecule has 1 atom stereocenters. The second-order valence-corrected chi connectivity index (χ2v) is 9.66. The number of carbonyl (C=O) groups is 2. The molecule has 3 aromatic rings. The zero-order valence-corrected chi connectivity index (χ0v) is 21.7. The largest absolute Gasteiger partial charge is 0.354 e. The summed E-state index contributed by atoms with van der Waals surface area (Å²) in [6.45, 7) is 3.01. The predicted molar refractivity (Wildman–Crippen MR) is 142 cm³/mol. The van der Waals surface area contributed by atoms with Crippen LogP contribution in [0, 0.1) is 0 Å². The molecule has 0 aliphatic carbocycles. The first kappa shape index (κ1) is 26.0. The number of nitrogens with one attached hydrogen (secondary N) is 1. The summed E-state index contributed by atoms with van der Waals surface area (Å²) in [6, 6.07) is 24.3. The highest BCUT2D eigenvalue weighted by Crippen LogP contribution is 2.20. The van der Waals surface area contributed by atoms with E-state index in [4.69, 9.17) is 11.6 Å². The second-order valence-electron chi connectivity index (χ2n) is 8.31. The van der Waals surface area contributed by atoms with Gasteiger partial charge >= 0.3 is 0 Å². The van der Waals surface area contributed by atoms with Crippen LogP contribution in [0.25, 0.3) is 0 Å². The van der Waals surface area contributed by atoms with E-state index in [1.807, 2.05) is 66.7 Å². The molecule has 0 unspecified atom stereocenters. The molecule has 0 aliphatic rings. The van der Waals surface area contributed by atoms with E-state index >= 15 is 0 Å². The quantitative estimate of drug-likeness (QED) is 0.294. The number of hydrogen-bond acceptors (Lipinski definition) is 2. The van der Waals surface area contributed by atoms with Crippen molar-refractivity contribution in [2.75, 3.05) is 6.54 Å². The Labute approximate surface area is 215 Å². The Balaban J connectivity index is 1.94. The third-order valence-electron chi connectivity index (χ3n) is 5.59. The van der Waals surface area contributed by atoms with Crippen LogP contribution in [-0.4, -0.2) is 29.3 Å². The summed E-state index contributed by atoms with van der Waals surface area (Å²) < 4.78 is 0.930. The summed E-state index contributed by atoms with van der Waals surface area (Å²) >= 11 is 9.67. The van der Waals surface area contributed by atoms with Crippen molar-refractivity contribution in [1.29, 1.82) is 0 Å². The molecule has 6 heteroatoms. The molecule has 1 N–H and O–H groups in total. The van der Waals surface area contributed by atoms with E-state index in [0.717, 1.165) is 34.0 Å². The van der Waals surface area contributed by atoms with Gasteiger partial charge in [-0.25, -0.2) is 0 Å². The Bertz CT molecular complexity index is 1090. The molecule has 4 nitrogen and oxygen atoms in total. The van der Waals surface area contributed by atoms with Gasteiger partial charge in [0.1, 0.15) is 6.04 Å².